The maximum absolute atomic E-state index is 12.9. The smallest absolute Gasteiger partial charge is 0.274 e. The van der Waals surface area contributed by atoms with Gasteiger partial charge in [-0.3, -0.25) is 4.90 Å². The van der Waals surface area contributed by atoms with E-state index >= 15 is 0 Å². The van der Waals surface area contributed by atoms with Crippen LogP contribution >= 0.6 is 11.8 Å². The molecule has 0 bridgehead atoms. The van der Waals surface area contributed by atoms with Gasteiger partial charge in [0.05, 0.1) is 6.20 Å². The summed E-state index contributed by atoms with van der Waals surface area (Å²) in [5, 5.41) is 3.80. The number of aryl methyl sites for hydroxylation is 2. The summed E-state index contributed by atoms with van der Waals surface area (Å²) in [5.41, 5.74) is 2.32. The minimum atomic E-state index is -3.70. The Morgan fingerprint density at radius 2 is 2.08 bits per heavy atom. The summed E-state index contributed by atoms with van der Waals surface area (Å²) in [6, 6.07) is 7.84. The van der Waals surface area contributed by atoms with Crippen molar-refractivity contribution < 1.29 is 8.42 Å². The molecule has 1 heterocycles. The first-order chi connectivity index (χ1) is 11.3. The molecular weight excluding hydrogens is 342 g/mol. The maximum atomic E-state index is 12.9. The lowest BCUT2D eigenvalue weighted by molar-refractivity contribution is 0.401. The first kappa shape index (κ1) is 18.8. The SMILES string of the molecule is C=CC(N(C)C)S(=O)(=O)n1nccc1Sc1c(C)cccc1CC. The molecule has 2 rings (SSSR count). The molecule has 0 N–H and O–H groups in total. The van der Waals surface area contributed by atoms with Crippen LogP contribution in [0.4, 0.5) is 0 Å². The summed E-state index contributed by atoms with van der Waals surface area (Å²) in [6.45, 7) is 7.77. The van der Waals surface area contributed by atoms with Gasteiger partial charge in [-0.05, 0) is 44.6 Å². The summed E-state index contributed by atoms with van der Waals surface area (Å²) in [6.07, 6.45) is 3.81. The molecule has 0 spiro atoms. The average molecular weight is 366 g/mol. The minimum absolute atomic E-state index is 0.577. The van der Waals surface area contributed by atoms with Crippen molar-refractivity contribution >= 4 is 21.8 Å². The van der Waals surface area contributed by atoms with Crippen LogP contribution in [0.1, 0.15) is 18.1 Å². The molecule has 130 valence electrons. The Balaban J connectivity index is 2.48. The highest BCUT2D eigenvalue weighted by molar-refractivity contribution is 8.00. The van der Waals surface area contributed by atoms with Crippen LogP contribution in [0.15, 0.2) is 53.0 Å². The van der Waals surface area contributed by atoms with E-state index in [1.54, 1.807) is 25.1 Å². The molecule has 0 radical (unpaired) electrons. The summed E-state index contributed by atoms with van der Waals surface area (Å²) < 4.78 is 26.9. The minimum Gasteiger partial charge on any atom is -0.289 e. The lowest BCUT2D eigenvalue weighted by Crippen LogP contribution is -2.38. The third kappa shape index (κ3) is 3.58. The molecule has 0 saturated carbocycles. The van der Waals surface area contributed by atoms with Crippen LogP contribution in [0.25, 0.3) is 0 Å². The highest BCUT2D eigenvalue weighted by Gasteiger charge is 2.29. The van der Waals surface area contributed by atoms with Gasteiger partial charge in [-0.2, -0.15) is 5.10 Å². The van der Waals surface area contributed by atoms with Crippen molar-refractivity contribution in [2.24, 2.45) is 0 Å². The van der Waals surface area contributed by atoms with E-state index in [-0.39, 0.29) is 0 Å². The fourth-order valence-electron chi connectivity index (χ4n) is 2.49. The Morgan fingerprint density at radius 1 is 1.38 bits per heavy atom. The second-order valence-corrected chi connectivity index (χ2v) is 8.56. The van der Waals surface area contributed by atoms with Gasteiger partial charge in [0, 0.05) is 4.90 Å². The van der Waals surface area contributed by atoms with Crippen molar-refractivity contribution in [3.8, 4) is 0 Å². The standard InChI is InChI=1S/C17H23N3O2S2/c1-6-14-10-8-9-13(3)17(14)23-15-11-12-18-20(15)24(21,22)16(7-2)19(4)5/h7-12,16H,2,6H2,1,3-5H3. The molecule has 5 nitrogen and oxygen atoms in total. The van der Waals surface area contributed by atoms with E-state index in [9.17, 15) is 8.42 Å². The highest BCUT2D eigenvalue weighted by atomic mass is 32.2. The average Bonchev–Trinajstić information content (AvgIpc) is 2.98. The normalized spacial score (nSPS) is 13.2. The predicted molar refractivity (Wildman–Crippen MR) is 98.9 cm³/mol. The van der Waals surface area contributed by atoms with Gasteiger partial charge in [-0.1, -0.05) is 43.0 Å². The molecule has 1 aromatic heterocycles. The Bertz CT molecular complexity index is 826. The zero-order chi connectivity index (χ0) is 17.9. The van der Waals surface area contributed by atoms with Crippen LogP contribution < -0.4 is 0 Å². The number of aromatic nitrogens is 2. The van der Waals surface area contributed by atoms with E-state index in [0.29, 0.717) is 5.03 Å². The fraction of sp³-hybridized carbons (Fsp3) is 0.353. The van der Waals surface area contributed by atoms with E-state index in [2.05, 4.69) is 24.7 Å². The van der Waals surface area contributed by atoms with Crippen LogP contribution in [0, 0.1) is 6.92 Å². The Labute approximate surface area is 148 Å². The van der Waals surface area contributed by atoms with Crippen molar-refractivity contribution in [3.05, 3.63) is 54.2 Å². The first-order valence-electron chi connectivity index (χ1n) is 7.66. The van der Waals surface area contributed by atoms with Crippen molar-refractivity contribution in [1.82, 2.24) is 14.1 Å². The Morgan fingerprint density at radius 3 is 2.67 bits per heavy atom. The van der Waals surface area contributed by atoms with Crippen molar-refractivity contribution in [2.75, 3.05) is 14.1 Å². The van der Waals surface area contributed by atoms with Gasteiger partial charge in [0.2, 0.25) is 0 Å². The van der Waals surface area contributed by atoms with Gasteiger partial charge in [0.15, 0.2) is 5.37 Å². The molecule has 2 aromatic rings. The Kier molecular flexibility index (Phi) is 5.90. The third-order valence-electron chi connectivity index (χ3n) is 3.71. The zero-order valence-electron chi connectivity index (χ0n) is 14.4. The van der Waals surface area contributed by atoms with Gasteiger partial charge >= 0.3 is 0 Å². The molecular formula is C17H23N3O2S2. The van der Waals surface area contributed by atoms with Gasteiger partial charge in [0.1, 0.15) is 5.03 Å². The number of hydrogen-bond acceptors (Lipinski definition) is 5. The monoisotopic (exact) mass is 365 g/mol. The molecule has 7 heteroatoms. The van der Waals surface area contributed by atoms with E-state index in [1.165, 1.54) is 29.6 Å². The fourth-order valence-corrected chi connectivity index (χ4v) is 5.42. The van der Waals surface area contributed by atoms with Gasteiger partial charge in [0.25, 0.3) is 10.0 Å². The van der Waals surface area contributed by atoms with E-state index < -0.39 is 15.4 Å². The molecule has 0 saturated heterocycles. The van der Waals surface area contributed by atoms with Crippen LogP contribution in [-0.2, 0) is 16.4 Å². The molecule has 1 unspecified atom stereocenters. The number of likely N-dealkylation sites (N-methyl/N-ethyl adjacent to an activating group) is 1. The summed E-state index contributed by atoms with van der Waals surface area (Å²) in [7, 11) is -0.287. The van der Waals surface area contributed by atoms with Crippen molar-refractivity contribution in [3.63, 3.8) is 0 Å². The number of benzene rings is 1. The predicted octanol–water partition coefficient (Wildman–Crippen LogP) is 3.16. The Hall–Kier alpha value is -1.57. The summed E-state index contributed by atoms with van der Waals surface area (Å²) in [4.78, 5) is 2.68. The molecule has 0 aliphatic rings. The van der Waals surface area contributed by atoms with Crippen LogP contribution in [0.2, 0.25) is 0 Å². The first-order valence-corrected chi connectivity index (χ1v) is 9.98. The van der Waals surface area contributed by atoms with Gasteiger partial charge in [-0.15, -0.1) is 10.7 Å². The molecule has 1 aromatic carbocycles. The molecule has 0 amide bonds. The topological polar surface area (TPSA) is 55.2 Å². The third-order valence-corrected chi connectivity index (χ3v) is 7.13. The highest BCUT2D eigenvalue weighted by Crippen LogP contribution is 2.34. The quantitative estimate of drug-likeness (QED) is 0.706. The second-order valence-electron chi connectivity index (χ2n) is 5.67. The van der Waals surface area contributed by atoms with Crippen LogP contribution in [-0.4, -0.2) is 42.0 Å². The summed E-state index contributed by atoms with van der Waals surface area (Å²) in [5.74, 6) is 0. The number of nitrogens with zero attached hydrogens (tertiary/aromatic N) is 3. The van der Waals surface area contributed by atoms with Crippen molar-refractivity contribution in [1.29, 1.82) is 0 Å². The lowest BCUT2D eigenvalue weighted by atomic mass is 10.1. The number of hydrogen-bond donors (Lipinski definition) is 0. The number of rotatable bonds is 7. The van der Waals surface area contributed by atoms with E-state index in [0.717, 1.165) is 21.0 Å². The molecule has 0 fully saturated rings. The van der Waals surface area contributed by atoms with E-state index in [4.69, 9.17) is 0 Å². The zero-order valence-corrected chi connectivity index (χ0v) is 16.1. The van der Waals surface area contributed by atoms with Crippen molar-refractivity contribution in [2.45, 2.75) is 35.6 Å². The molecule has 1 atom stereocenters. The second kappa shape index (κ2) is 7.55. The van der Waals surface area contributed by atoms with Crippen LogP contribution in [0.3, 0.4) is 0 Å². The molecule has 0 aliphatic carbocycles. The van der Waals surface area contributed by atoms with E-state index in [1.807, 2.05) is 19.1 Å². The van der Waals surface area contributed by atoms with Gasteiger partial charge < -0.3 is 0 Å². The van der Waals surface area contributed by atoms with Gasteiger partial charge in [-0.25, -0.2) is 8.42 Å². The maximum Gasteiger partial charge on any atom is 0.274 e. The largest absolute Gasteiger partial charge is 0.289 e. The lowest BCUT2D eigenvalue weighted by Gasteiger charge is -2.21. The molecule has 24 heavy (non-hydrogen) atoms. The van der Waals surface area contributed by atoms with Crippen LogP contribution in [0.5, 0.6) is 0 Å². The molecule has 0 aliphatic heterocycles. The summed E-state index contributed by atoms with van der Waals surface area (Å²) >= 11 is 1.43.